The van der Waals surface area contributed by atoms with Gasteiger partial charge in [0.2, 0.25) is 0 Å². The van der Waals surface area contributed by atoms with Crippen LogP contribution in [0.25, 0.3) is 0 Å². The Hall–Kier alpha value is -2.05. The van der Waals surface area contributed by atoms with Gasteiger partial charge >= 0.3 is 6.03 Å². The smallest absolute Gasteiger partial charge is 0.314 e. The van der Waals surface area contributed by atoms with Gasteiger partial charge in [0.25, 0.3) is 0 Å². The number of nitrogens with one attached hydrogen (secondary N) is 2. The fourth-order valence-corrected chi connectivity index (χ4v) is 3.80. The average Bonchev–Trinajstić information content (AvgIpc) is 3.21. The molecule has 0 saturated heterocycles. The zero-order valence-electron chi connectivity index (χ0n) is 13.7. The maximum atomic E-state index is 11.9. The molecule has 2 amide bonds. The number of aliphatic hydroxyl groups excluding tert-OH is 1. The number of hydrogen-bond donors (Lipinski definition) is 3. The molecule has 2 heterocycles. The maximum Gasteiger partial charge on any atom is 0.314 e. The van der Waals surface area contributed by atoms with Gasteiger partial charge in [0.15, 0.2) is 0 Å². The molecule has 2 unspecified atom stereocenters. The lowest BCUT2D eigenvalue weighted by Crippen LogP contribution is -2.42. The van der Waals surface area contributed by atoms with Crippen LogP contribution in [0, 0.1) is 0 Å². The number of urea groups is 1. The minimum Gasteiger partial charge on any atom is -0.387 e. The molecule has 3 rings (SSSR count). The monoisotopic (exact) mass is 345 g/mol. The molecule has 1 aliphatic rings. The summed E-state index contributed by atoms with van der Waals surface area (Å²) in [5.41, 5.74) is 3.47. The Balaban J connectivity index is 1.41. The standard InChI is InChI=1S/C18H23N3O2S/c1-13-10-14-4-2-3-5-16(14)21(13)8-7-19-18(23)20-11-17(22)15-6-9-24-12-15/h2-6,9,12-13,17,22H,7-8,10-11H2,1H3,(H2,19,20,23). The van der Waals surface area contributed by atoms with E-state index in [4.69, 9.17) is 0 Å². The summed E-state index contributed by atoms with van der Waals surface area (Å²) in [6, 6.07) is 10.5. The predicted molar refractivity (Wildman–Crippen MR) is 97.6 cm³/mol. The van der Waals surface area contributed by atoms with Crippen molar-refractivity contribution in [1.29, 1.82) is 0 Å². The maximum absolute atomic E-state index is 11.9. The summed E-state index contributed by atoms with van der Waals surface area (Å²) in [6.45, 7) is 3.76. The van der Waals surface area contributed by atoms with Gasteiger partial charge < -0.3 is 20.6 Å². The van der Waals surface area contributed by atoms with Gasteiger partial charge in [-0.2, -0.15) is 11.3 Å². The number of benzene rings is 1. The molecule has 3 N–H and O–H groups in total. The van der Waals surface area contributed by atoms with Gasteiger partial charge in [0.05, 0.1) is 6.10 Å². The Morgan fingerprint density at radius 3 is 3.00 bits per heavy atom. The van der Waals surface area contributed by atoms with Crippen LogP contribution in [0.4, 0.5) is 10.5 Å². The normalized spacial score (nSPS) is 17.4. The van der Waals surface area contributed by atoms with Crippen LogP contribution in [0.2, 0.25) is 0 Å². The number of rotatable bonds is 6. The number of thiophene rings is 1. The highest BCUT2D eigenvalue weighted by molar-refractivity contribution is 7.07. The number of para-hydroxylation sites is 1. The van der Waals surface area contributed by atoms with Gasteiger partial charge in [-0.1, -0.05) is 18.2 Å². The molecule has 1 aliphatic heterocycles. The van der Waals surface area contributed by atoms with Crippen LogP contribution in [0.5, 0.6) is 0 Å². The van der Waals surface area contributed by atoms with Gasteiger partial charge in [-0.15, -0.1) is 0 Å². The zero-order chi connectivity index (χ0) is 16.9. The van der Waals surface area contributed by atoms with Crippen molar-refractivity contribution < 1.29 is 9.90 Å². The Morgan fingerprint density at radius 2 is 2.21 bits per heavy atom. The summed E-state index contributed by atoms with van der Waals surface area (Å²) >= 11 is 1.53. The lowest BCUT2D eigenvalue weighted by Gasteiger charge is -2.25. The van der Waals surface area contributed by atoms with Crippen molar-refractivity contribution in [2.75, 3.05) is 24.5 Å². The highest BCUT2D eigenvalue weighted by atomic mass is 32.1. The first-order valence-electron chi connectivity index (χ1n) is 8.21. The summed E-state index contributed by atoms with van der Waals surface area (Å²) in [7, 11) is 0. The SMILES string of the molecule is CC1Cc2ccccc2N1CCNC(=O)NCC(O)c1ccsc1. The van der Waals surface area contributed by atoms with Gasteiger partial charge in [-0.05, 0) is 47.4 Å². The summed E-state index contributed by atoms with van der Waals surface area (Å²) in [4.78, 5) is 14.2. The predicted octanol–water partition coefficient (Wildman–Crippen LogP) is 2.53. The molecule has 6 heteroatoms. The topological polar surface area (TPSA) is 64.6 Å². The summed E-state index contributed by atoms with van der Waals surface area (Å²) in [5, 5.41) is 19.3. The molecule has 5 nitrogen and oxygen atoms in total. The Labute approximate surface area is 146 Å². The lowest BCUT2D eigenvalue weighted by molar-refractivity contribution is 0.173. The van der Waals surface area contributed by atoms with Gasteiger partial charge in [0.1, 0.15) is 0 Å². The second-order valence-electron chi connectivity index (χ2n) is 6.08. The summed E-state index contributed by atoms with van der Waals surface area (Å²) in [6.07, 6.45) is 0.391. The van der Waals surface area contributed by atoms with Crippen LogP contribution >= 0.6 is 11.3 Å². The Bertz CT molecular complexity index is 675. The summed E-state index contributed by atoms with van der Waals surface area (Å²) < 4.78 is 0. The molecular formula is C18H23N3O2S. The number of nitrogens with zero attached hydrogens (tertiary/aromatic N) is 1. The van der Waals surface area contributed by atoms with E-state index in [1.807, 2.05) is 16.8 Å². The molecule has 128 valence electrons. The molecule has 24 heavy (non-hydrogen) atoms. The molecule has 0 saturated carbocycles. The van der Waals surface area contributed by atoms with E-state index in [-0.39, 0.29) is 12.6 Å². The quantitative estimate of drug-likeness (QED) is 0.754. The van der Waals surface area contributed by atoms with Gasteiger partial charge in [-0.25, -0.2) is 4.79 Å². The second kappa shape index (κ2) is 7.68. The highest BCUT2D eigenvalue weighted by Gasteiger charge is 2.24. The fourth-order valence-electron chi connectivity index (χ4n) is 3.09. The molecule has 1 aromatic carbocycles. The van der Waals surface area contributed by atoms with Gasteiger partial charge in [0, 0.05) is 31.4 Å². The molecule has 0 bridgehead atoms. The average molecular weight is 345 g/mol. The van der Waals surface area contributed by atoms with Crippen LogP contribution in [0.15, 0.2) is 41.1 Å². The van der Waals surface area contributed by atoms with E-state index < -0.39 is 6.10 Å². The molecule has 0 fully saturated rings. The first-order chi connectivity index (χ1) is 11.6. The molecule has 2 aromatic rings. The van der Waals surface area contributed by atoms with E-state index in [0.29, 0.717) is 12.6 Å². The van der Waals surface area contributed by atoms with Crippen LogP contribution in [0.3, 0.4) is 0 Å². The van der Waals surface area contributed by atoms with E-state index >= 15 is 0 Å². The largest absolute Gasteiger partial charge is 0.387 e. The van der Waals surface area contributed by atoms with Crippen LogP contribution in [-0.4, -0.2) is 36.8 Å². The zero-order valence-corrected chi connectivity index (χ0v) is 14.6. The van der Waals surface area contributed by atoms with E-state index in [1.54, 1.807) is 0 Å². The van der Waals surface area contributed by atoms with Crippen molar-refractivity contribution in [2.45, 2.75) is 25.5 Å². The third kappa shape index (κ3) is 3.88. The number of aliphatic hydroxyl groups is 1. The fraction of sp³-hybridized carbons (Fsp3) is 0.389. The third-order valence-electron chi connectivity index (χ3n) is 4.37. The van der Waals surface area contributed by atoms with Crippen molar-refractivity contribution in [3.8, 4) is 0 Å². The molecule has 0 radical (unpaired) electrons. The molecule has 0 aliphatic carbocycles. The highest BCUT2D eigenvalue weighted by Crippen LogP contribution is 2.31. The number of carbonyl (C=O) groups is 1. The third-order valence-corrected chi connectivity index (χ3v) is 5.07. The van der Waals surface area contributed by atoms with Crippen LogP contribution < -0.4 is 15.5 Å². The molecule has 0 spiro atoms. The minimum absolute atomic E-state index is 0.214. The van der Waals surface area contributed by atoms with Crippen molar-refractivity contribution in [3.63, 3.8) is 0 Å². The molecule has 1 aromatic heterocycles. The first-order valence-corrected chi connectivity index (χ1v) is 9.16. The van der Waals surface area contributed by atoms with Crippen LogP contribution in [-0.2, 0) is 6.42 Å². The van der Waals surface area contributed by atoms with Crippen LogP contribution in [0.1, 0.15) is 24.2 Å². The Kier molecular flexibility index (Phi) is 5.37. The lowest BCUT2D eigenvalue weighted by atomic mass is 10.1. The first kappa shape index (κ1) is 16.8. The van der Waals surface area contributed by atoms with E-state index in [9.17, 15) is 9.90 Å². The van der Waals surface area contributed by atoms with E-state index in [2.05, 4.69) is 46.7 Å². The van der Waals surface area contributed by atoms with Crippen molar-refractivity contribution in [3.05, 3.63) is 52.2 Å². The van der Waals surface area contributed by atoms with E-state index in [0.717, 1.165) is 18.5 Å². The van der Waals surface area contributed by atoms with Crippen molar-refractivity contribution in [2.24, 2.45) is 0 Å². The van der Waals surface area contributed by atoms with Crippen molar-refractivity contribution >= 4 is 23.1 Å². The Morgan fingerprint density at radius 1 is 1.38 bits per heavy atom. The van der Waals surface area contributed by atoms with Gasteiger partial charge in [-0.3, -0.25) is 0 Å². The number of fused-ring (bicyclic) bond motifs is 1. The minimum atomic E-state index is -0.660. The molecular weight excluding hydrogens is 322 g/mol. The summed E-state index contributed by atoms with van der Waals surface area (Å²) in [5.74, 6) is 0. The van der Waals surface area contributed by atoms with E-state index in [1.165, 1.54) is 22.6 Å². The number of anilines is 1. The number of carbonyl (C=O) groups excluding carboxylic acids is 1. The second-order valence-corrected chi connectivity index (χ2v) is 6.86. The molecule has 2 atom stereocenters. The number of amides is 2. The number of hydrogen-bond acceptors (Lipinski definition) is 4. The van der Waals surface area contributed by atoms with Crippen molar-refractivity contribution in [1.82, 2.24) is 10.6 Å².